The van der Waals surface area contributed by atoms with Gasteiger partial charge in [0.1, 0.15) is 0 Å². The van der Waals surface area contributed by atoms with Gasteiger partial charge in [0.25, 0.3) is 10.1 Å². The van der Waals surface area contributed by atoms with E-state index in [9.17, 15) is 8.42 Å². The van der Waals surface area contributed by atoms with Crippen LogP contribution in [0.1, 0.15) is 11.3 Å². The fraction of sp³-hybridized carbons (Fsp3) is 0.533. The van der Waals surface area contributed by atoms with Crippen LogP contribution in [0.3, 0.4) is 0 Å². The molecular formula is C15H23BrN2O4SSi. The van der Waals surface area contributed by atoms with Crippen LogP contribution in [0.4, 0.5) is 0 Å². The van der Waals surface area contributed by atoms with E-state index in [-0.39, 0.29) is 6.61 Å². The SMILES string of the molecule is C[Si](C)(C)CCOCc1[nH]nc2c(COS(C)(=O)=O)cc(Br)cc12. The van der Waals surface area contributed by atoms with Gasteiger partial charge in [-0.3, -0.25) is 9.28 Å². The zero-order valence-corrected chi connectivity index (χ0v) is 17.8. The molecule has 0 fully saturated rings. The predicted molar refractivity (Wildman–Crippen MR) is 101 cm³/mol. The number of fused-ring (bicyclic) bond motifs is 1. The van der Waals surface area contributed by atoms with Crippen molar-refractivity contribution >= 4 is 45.0 Å². The molecule has 0 aliphatic carbocycles. The zero-order valence-electron chi connectivity index (χ0n) is 14.3. The Balaban J connectivity index is 2.14. The molecule has 2 rings (SSSR count). The molecule has 0 saturated carbocycles. The monoisotopic (exact) mass is 434 g/mol. The lowest BCUT2D eigenvalue weighted by Crippen LogP contribution is -2.21. The zero-order chi connectivity index (χ0) is 18.0. The second-order valence-electron chi connectivity index (χ2n) is 6.99. The third kappa shape index (κ3) is 5.96. The van der Waals surface area contributed by atoms with Gasteiger partial charge in [-0.05, 0) is 18.2 Å². The summed E-state index contributed by atoms with van der Waals surface area (Å²) in [5, 5.41) is 8.19. The smallest absolute Gasteiger partial charge is 0.264 e. The molecule has 1 aromatic heterocycles. The molecule has 24 heavy (non-hydrogen) atoms. The average Bonchev–Trinajstić information content (AvgIpc) is 2.82. The molecular weight excluding hydrogens is 412 g/mol. The molecule has 0 aliphatic heterocycles. The number of nitrogens with one attached hydrogen (secondary N) is 1. The van der Waals surface area contributed by atoms with Crippen molar-refractivity contribution in [2.24, 2.45) is 0 Å². The van der Waals surface area contributed by atoms with Crippen LogP contribution in [0.15, 0.2) is 16.6 Å². The van der Waals surface area contributed by atoms with E-state index < -0.39 is 18.2 Å². The summed E-state index contributed by atoms with van der Waals surface area (Å²) >= 11 is 3.45. The van der Waals surface area contributed by atoms with Gasteiger partial charge in [0.15, 0.2) is 0 Å². The number of hydrogen-bond donors (Lipinski definition) is 1. The summed E-state index contributed by atoms with van der Waals surface area (Å²) in [6, 6.07) is 4.86. The van der Waals surface area contributed by atoms with E-state index >= 15 is 0 Å². The average molecular weight is 435 g/mol. The second-order valence-corrected chi connectivity index (χ2v) is 15.2. The number of hydrogen-bond acceptors (Lipinski definition) is 5. The van der Waals surface area contributed by atoms with E-state index in [1.165, 1.54) is 0 Å². The fourth-order valence-electron chi connectivity index (χ4n) is 2.14. The summed E-state index contributed by atoms with van der Waals surface area (Å²) in [6.45, 7) is 8.07. The van der Waals surface area contributed by atoms with Gasteiger partial charge in [-0.25, -0.2) is 0 Å². The minimum absolute atomic E-state index is 0.0461. The number of nitrogens with zero attached hydrogens (tertiary/aromatic N) is 1. The van der Waals surface area contributed by atoms with Gasteiger partial charge in [0.05, 0.1) is 30.7 Å². The van der Waals surface area contributed by atoms with Crippen LogP contribution < -0.4 is 0 Å². The molecule has 0 atom stereocenters. The Morgan fingerprint density at radius 2 is 1.96 bits per heavy atom. The summed E-state index contributed by atoms with van der Waals surface area (Å²) in [6.07, 6.45) is 1.03. The van der Waals surface area contributed by atoms with E-state index in [0.29, 0.717) is 17.7 Å². The number of rotatable bonds is 8. The van der Waals surface area contributed by atoms with E-state index in [2.05, 4.69) is 45.8 Å². The van der Waals surface area contributed by atoms with E-state index in [4.69, 9.17) is 8.92 Å². The lowest BCUT2D eigenvalue weighted by Gasteiger charge is -2.15. The van der Waals surface area contributed by atoms with Gasteiger partial charge in [-0.1, -0.05) is 35.6 Å². The third-order valence-electron chi connectivity index (χ3n) is 3.45. The van der Waals surface area contributed by atoms with E-state index in [0.717, 1.165) is 34.5 Å². The molecule has 0 aliphatic rings. The van der Waals surface area contributed by atoms with Crippen molar-refractivity contribution in [1.82, 2.24) is 10.2 Å². The van der Waals surface area contributed by atoms with Gasteiger partial charge in [-0.2, -0.15) is 13.5 Å². The molecule has 1 heterocycles. The molecule has 1 aromatic carbocycles. The minimum Gasteiger partial charge on any atom is -0.375 e. The minimum atomic E-state index is -3.50. The van der Waals surface area contributed by atoms with Crippen LogP contribution in [-0.2, 0) is 32.3 Å². The predicted octanol–water partition coefficient (Wildman–Crippen LogP) is 3.66. The quantitative estimate of drug-likeness (QED) is 0.389. The molecule has 2 aromatic rings. The van der Waals surface area contributed by atoms with Crippen molar-refractivity contribution in [2.45, 2.75) is 38.9 Å². The summed E-state index contributed by atoms with van der Waals surface area (Å²) in [5.41, 5.74) is 2.28. The van der Waals surface area contributed by atoms with Crippen LogP contribution in [0, 0.1) is 0 Å². The summed E-state index contributed by atoms with van der Waals surface area (Å²) in [7, 11) is -4.61. The molecule has 0 amide bonds. The molecule has 0 spiro atoms. The highest BCUT2D eigenvalue weighted by Crippen LogP contribution is 2.26. The number of halogens is 1. The van der Waals surface area contributed by atoms with Crippen molar-refractivity contribution in [2.75, 3.05) is 12.9 Å². The first-order valence-electron chi connectivity index (χ1n) is 7.63. The van der Waals surface area contributed by atoms with Crippen LogP contribution >= 0.6 is 15.9 Å². The number of aromatic nitrogens is 2. The fourth-order valence-corrected chi connectivity index (χ4v) is 3.75. The first kappa shape index (κ1) is 19.6. The number of ether oxygens (including phenoxy) is 1. The Hall–Kier alpha value is -0.743. The van der Waals surface area contributed by atoms with Crippen molar-refractivity contribution in [1.29, 1.82) is 0 Å². The highest BCUT2D eigenvalue weighted by Gasteiger charge is 2.15. The Bertz CT molecular complexity index is 815. The van der Waals surface area contributed by atoms with Gasteiger partial charge in [-0.15, -0.1) is 0 Å². The molecule has 0 saturated heterocycles. The maximum atomic E-state index is 11.2. The van der Waals surface area contributed by atoms with Gasteiger partial charge in [0.2, 0.25) is 0 Å². The van der Waals surface area contributed by atoms with Crippen molar-refractivity contribution in [3.05, 3.63) is 27.9 Å². The highest BCUT2D eigenvalue weighted by molar-refractivity contribution is 9.10. The molecule has 6 nitrogen and oxygen atoms in total. The highest BCUT2D eigenvalue weighted by atomic mass is 79.9. The molecule has 1 N–H and O–H groups in total. The number of H-pyrrole nitrogens is 1. The first-order valence-corrected chi connectivity index (χ1v) is 13.9. The molecule has 0 radical (unpaired) electrons. The lowest BCUT2D eigenvalue weighted by molar-refractivity contribution is 0.131. The van der Waals surface area contributed by atoms with Gasteiger partial charge >= 0.3 is 0 Å². The molecule has 0 bridgehead atoms. The van der Waals surface area contributed by atoms with Crippen LogP contribution in [-0.4, -0.2) is 39.6 Å². The van der Waals surface area contributed by atoms with E-state index in [1.807, 2.05) is 12.1 Å². The summed E-state index contributed by atoms with van der Waals surface area (Å²) in [5.74, 6) is 0. The molecule has 9 heteroatoms. The Kier molecular flexibility index (Phi) is 6.24. The number of benzene rings is 1. The Labute approximate surface area is 152 Å². The Morgan fingerprint density at radius 1 is 1.25 bits per heavy atom. The maximum absolute atomic E-state index is 11.2. The summed E-state index contributed by atoms with van der Waals surface area (Å²) < 4.78 is 33.9. The van der Waals surface area contributed by atoms with Gasteiger partial charge < -0.3 is 4.74 Å². The topological polar surface area (TPSA) is 81.3 Å². The molecule has 134 valence electrons. The lowest BCUT2D eigenvalue weighted by atomic mass is 10.1. The molecule has 0 unspecified atom stereocenters. The van der Waals surface area contributed by atoms with Crippen LogP contribution in [0.2, 0.25) is 25.7 Å². The maximum Gasteiger partial charge on any atom is 0.264 e. The standard InChI is InChI=1S/C15H23BrN2O4SSi/c1-23(19,20)22-9-11-7-12(16)8-13-14(17-18-15(11)13)10-21-5-6-24(2,3)4/h7-8H,5-6,9-10H2,1-4H3,(H,17,18). The van der Waals surface area contributed by atoms with Crippen molar-refractivity contribution in [3.63, 3.8) is 0 Å². The third-order valence-corrected chi connectivity index (χ3v) is 6.16. The van der Waals surface area contributed by atoms with E-state index in [1.54, 1.807) is 0 Å². The summed E-state index contributed by atoms with van der Waals surface area (Å²) in [4.78, 5) is 0. The Morgan fingerprint density at radius 3 is 2.58 bits per heavy atom. The normalized spacial score (nSPS) is 12.9. The number of aromatic amines is 1. The first-order chi connectivity index (χ1) is 11.1. The van der Waals surface area contributed by atoms with Crippen LogP contribution in [0.25, 0.3) is 10.9 Å². The van der Waals surface area contributed by atoms with Crippen molar-refractivity contribution in [3.8, 4) is 0 Å². The van der Waals surface area contributed by atoms with Crippen LogP contribution in [0.5, 0.6) is 0 Å². The largest absolute Gasteiger partial charge is 0.375 e. The second kappa shape index (κ2) is 7.65. The van der Waals surface area contributed by atoms with Gasteiger partial charge in [0, 0.05) is 30.1 Å². The van der Waals surface area contributed by atoms with Crippen molar-refractivity contribution < 1.29 is 17.3 Å².